The summed E-state index contributed by atoms with van der Waals surface area (Å²) in [6.45, 7) is 4.43. The molecule has 0 saturated heterocycles. The van der Waals surface area contributed by atoms with Gasteiger partial charge in [-0.25, -0.2) is 0 Å². The molecule has 148 valence electrons. The van der Waals surface area contributed by atoms with E-state index in [-0.39, 0.29) is 0 Å². The minimum atomic E-state index is 0.509. The van der Waals surface area contributed by atoms with Crippen LogP contribution in [0.3, 0.4) is 0 Å². The number of hydrogen-bond acceptors (Lipinski definition) is 4. The molecule has 2 aromatic rings. The molecule has 0 aliphatic carbocycles. The van der Waals surface area contributed by atoms with Crippen LogP contribution in [-0.2, 0) is 17.8 Å². The summed E-state index contributed by atoms with van der Waals surface area (Å²) < 4.78 is 5.78. The van der Waals surface area contributed by atoms with E-state index >= 15 is 0 Å². The second-order valence-electron chi connectivity index (χ2n) is 6.76. The van der Waals surface area contributed by atoms with Gasteiger partial charge in [-0.15, -0.1) is 0 Å². The van der Waals surface area contributed by atoms with E-state index in [2.05, 4.69) is 71.5 Å². The van der Waals surface area contributed by atoms with Gasteiger partial charge in [-0.05, 0) is 48.9 Å². The largest absolute Gasteiger partial charge is 0.375 e. The van der Waals surface area contributed by atoms with Crippen LogP contribution in [0.25, 0.3) is 0 Å². The number of hydrogen-bond donors (Lipinski definition) is 2. The molecule has 3 nitrogen and oxygen atoms in total. The van der Waals surface area contributed by atoms with Crippen LogP contribution < -0.4 is 10.6 Å². The first kappa shape index (κ1) is 22.0. The van der Waals surface area contributed by atoms with Crippen molar-refractivity contribution in [3.63, 3.8) is 0 Å². The number of nitrogens with one attached hydrogen (secondary N) is 2. The molecule has 0 aliphatic rings. The summed E-state index contributed by atoms with van der Waals surface area (Å²) in [4.78, 5) is 0. The van der Waals surface area contributed by atoms with Crippen molar-refractivity contribution in [3.05, 3.63) is 71.8 Å². The highest BCUT2D eigenvalue weighted by atomic mass is 32.2. The van der Waals surface area contributed by atoms with E-state index in [4.69, 9.17) is 4.74 Å². The van der Waals surface area contributed by atoms with Gasteiger partial charge < -0.3 is 15.4 Å². The summed E-state index contributed by atoms with van der Waals surface area (Å²) in [6, 6.07) is 21.6. The first-order valence-electron chi connectivity index (χ1n) is 9.97. The van der Waals surface area contributed by atoms with Crippen molar-refractivity contribution in [2.24, 2.45) is 0 Å². The van der Waals surface area contributed by atoms with Gasteiger partial charge in [-0.2, -0.15) is 11.8 Å². The van der Waals surface area contributed by atoms with E-state index in [1.54, 1.807) is 0 Å². The molecule has 0 aromatic heterocycles. The van der Waals surface area contributed by atoms with Crippen molar-refractivity contribution >= 4 is 11.8 Å². The lowest BCUT2D eigenvalue weighted by atomic mass is 10.1. The van der Waals surface area contributed by atoms with Crippen molar-refractivity contribution in [3.8, 4) is 0 Å². The fourth-order valence-corrected chi connectivity index (χ4v) is 3.49. The molecule has 0 radical (unpaired) electrons. The van der Waals surface area contributed by atoms with Gasteiger partial charge >= 0.3 is 0 Å². The van der Waals surface area contributed by atoms with Gasteiger partial charge in [0.2, 0.25) is 0 Å². The fraction of sp³-hybridized carbons (Fsp3) is 0.478. The van der Waals surface area contributed by atoms with E-state index in [1.807, 2.05) is 17.8 Å². The summed E-state index contributed by atoms with van der Waals surface area (Å²) in [5.74, 6) is 1.19. The van der Waals surface area contributed by atoms with Crippen LogP contribution in [-0.4, -0.2) is 44.3 Å². The topological polar surface area (TPSA) is 33.3 Å². The highest BCUT2D eigenvalue weighted by Crippen LogP contribution is 2.03. The Morgan fingerprint density at radius 3 is 2.33 bits per heavy atom. The molecule has 1 unspecified atom stereocenters. The van der Waals surface area contributed by atoms with Crippen LogP contribution in [0, 0.1) is 0 Å². The lowest BCUT2D eigenvalue weighted by Gasteiger charge is -2.19. The predicted molar refractivity (Wildman–Crippen MR) is 119 cm³/mol. The van der Waals surface area contributed by atoms with Gasteiger partial charge in [0.15, 0.2) is 0 Å². The molecule has 2 N–H and O–H groups in total. The van der Waals surface area contributed by atoms with E-state index in [1.165, 1.54) is 29.7 Å². The van der Waals surface area contributed by atoms with Gasteiger partial charge in [-0.3, -0.25) is 0 Å². The van der Waals surface area contributed by atoms with Gasteiger partial charge in [0.05, 0.1) is 13.2 Å². The Morgan fingerprint density at radius 1 is 0.926 bits per heavy atom. The molecule has 2 rings (SSSR count). The number of aryl methyl sites for hydroxylation is 1. The third kappa shape index (κ3) is 10.5. The zero-order valence-corrected chi connectivity index (χ0v) is 17.3. The molecule has 0 aliphatic heterocycles. The third-order valence-electron chi connectivity index (χ3n) is 4.51. The Labute approximate surface area is 169 Å². The maximum absolute atomic E-state index is 5.78. The van der Waals surface area contributed by atoms with Gasteiger partial charge in [0, 0.05) is 19.1 Å². The molecule has 0 heterocycles. The second-order valence-corrected chi connectivity index (χ2v) is 7.75. The highest BCUT2D eigenvalue weighted by molar-refractivity contribution is 7.98. The molecular formula is C23H34N2OS. The summed E-state index contributed by atoms with van der Waals surface area (Å²) in [5, 5.41) is 7.27. The minimum Gasteiger partial charge on any atom is -0.375 e. The van der Waals surface area contributed by atoms with Crippen LogP contribution in [0.15, 0.2) is 60.7 Å². The maximum atomic E-state index is 5.78. The summed E-state index contributed by atoms with van der Waals surface area (Å²) >= 11 is 1.91. The van der Waals surface area contributed by atoms with Gasteiger partial charge in [0.25, 0.3) is 0 Å². The van der Waals surface area contributed by atoms with Crippen LogP contribution in [0.1, 0.15) is 24.0 Å². The lowest BCUT2D eigenvalue weighted by Crippen LogP contribution is -2.41. The zero-order chi connectivity index (χ0) is 19.0. The van der Waals surface area contributed by atoms with Crippen molar-refractivity contribution in [2.45, 2.75) is 31.9 Å². The van der Waals surface area contributed by atoms with Crippen molar-refractivity contribution in [1.82, 2.24) is 10.6 Å². The smallest absolute Gasteiger partial charge is 0.0717 e. The summed E-state index contributed by atoms with van der Waals surface area (Å²) in [7, 11) is 0. The molecule has 0 fully saturated rings. The SMILES string of the molecule is CSCCC(CNCCCc1ccccc1)NCCOCc1ccccc1. The van der Waals surface area contributed by atoms with Gasteiger partial charge in [0.1, 0.15) is 0 Å². The van der Waals surface area contributed by atoms with Crippen molar-refractivity contribution in [1.29, 1.82) is 0 Å². The fourth-order valence-electron chi connectivity index (χ4n) is 2.97. The van der Waals surface area contributed by atoms with Crippen molar-refractivity contribution in [2.75, 3.05) is 38.2 Å². The monoisotopic (exact) mass is 386 g/mol. The highest BCUT2D eigenvalue weighted by Gasteiger charge is 2.07. The molecule has 0 spiro atoms. The van der Waals surface area contributed by atoms with E-state index < -0.39 is 0 Å². The predicted octanol–water partition coefficient (Wildman–Crippen LogP) is 4.14. The maximum Gasteiger partial charge on any atom is 0.0717 e. The van der Waals surface area contributed by atoms with Crippen LogP contribution >= 0.6 is 11.8 Å². The Hall–Kier alpha value is -1.33. The van der Waals surface area contributed by atoms with E-state index in [0.717, 1.165) is 32.7 Å². The molecule has 0 bridgehead atoms. The molecule has 4 heteroatoms. The first-order valence-corrected chi connectivity index (χ1v) is 11.4. The average molecular weight is 387 g/mol. The quantitative estimate of drug-likeness (QED) is 0.451. The number of ether oxygens (including phenoxy) is 1. The average Bonchev–Trinajstić information content (AvgIpc) is 2.72. The standard InChI is InChI=1S/C23H34N2OS/c1-27-18-14-23(19-24-15-8-13-21-9-4-2-5-10-21)25-16-17-26-20-22-11-6-3-7-12-22/h2-7,9-12,23-25H,8,13-20H2,1H3. The lowest BCUT2D eigenvalue weighted by molar-refractivity contribution is 0.120. The third-order valence-corrected chi connectivity index (χ3v) is 5.16. The van der Waals surface area contributed by atoms with Gasteiger partial charge in [-0.1, -0.05) is 60.7 Å². The molecule has 0 amide bonds. The Bertz CT molecular complexity index is 530. The van der Waals surface area contributed by atoms with Crippen LogP contribution in [0.5, 0.6) is 0 Å². The minimum absolute atomic E-state index is 0.509. The molecular weight excluding hydrogens is 352 g/mol. The van der Waals surface area contributed by atoms with Crippen LogP contribution in [0.4, 0.5) is 0 Å². The van der Waals surface area contributed by atoms with E-state index in [0.29, 0.717) is 12.6 Å². The molecule has 1 atom stereocenters. The normalized spacial score (nSPS) is 12.2. The Kier molecular flexibility index (Phi) is 12.0. The Morgan fingerprint density at radius 2 is 1.63 bits per heavy atom. The summed E-state index contributed by atoms with van der Waals surface area (Å²) in [6.07, 6.45) is 5.68. The summed E-state index contributed by atoms with van der Waals surface area (Å²) in [5.41, 5.74) is 2.66. The number of benzene rings is 2. The van der Waals surface area contributed by atoms with Crippen molar-refractivity contribution < 1.29 is 4.74 Å². The second kappa shape index (κ2) is 14.7. The molecule has 27 heavy (non-hydrogen) atoms. The van der Waals surface area contributed by atoms with Crippen LogP contribution in [0.2, 0.25) is 0 Å². The number of rotatable bonds is 15. The van der Waals surface area contributed by atoms with E-state index in [9.17, 15) is 0 Å². The zero-order valence-electron chi connectivity index (χ0n) is 16.5. The molecule has 0 saturated carbocycles. The Balaban J connectivity index is 1.55. The number of thioether (sulfide) groups is 1. The first-order chi connectivity index (χ1) is 13.4. The molecule has 2 aromatic carbocycles.